The lowest BCUT2D eigenvalue weighted by Gasteiger charge is -2.44. The van der Waals surface area contributed by atoms with E-state index in [9.17, 15) is 0 Å². The highest BCUT2D eigenvalue weighted by Gasteiger charge is 2.28. The molecule has 1 aromatic rings. The van der Waals surface area contributed by atoms with Crippen LogP contribution in [0, 0.1) is 6.92 Å². The van der Waals surface area contributed by atoms with E-state index in [4.69, 9.17) is 11.6 Å². The maximum Gasteiger partial charge on any atom is 0.0642 e. The van der Waals surface area contributed by atoms with E-state index in [1.54, 1.807) is 0 Å². The van der Waals surface area contributed by atoms with Gasteiger partial charge in [-0.3, -0.25) is 4.90 Å². The van der Waals surface area contributed by atoms with Crippen LogP contribution in [0.15, 0.2) is 18.2 Å². The molecule has 2 rings (SSSR count). The third kappa shape index (κ3) is 2.43. The average Bonchev–Trinajstić information content (AvgIpc) is 2.25. The lowest BCUT2D eigenvalue weighted by molar-refractivity contribution is 0.170. The molecular weight excluding hydrogens is 232 g/mol. The summed E-state index contributed by atoms with van der Waals surface area (Å²) in [4.78, 5) is 4.86. The van der Waals surface area contributed by atoms with Crippen molar-refractivity contribution in [1.29, 1.82) is 0 Å². The molecule has 0 N–H and O–H groups in total. The number of rotatable bonds is 1. The second kappa shape index (κ2) is 4.87. The summed E-state index contributed by atoms with van der Waals surface area (Å²) in [6.45, 7) is 8.77. The number of anilines is 1. The Balaban J connectivity index is 2.29. The summed E-state index contributed by atoms with van der Waals surface area (Å²) < 4.78 is 0. The third-order valence-corrected chi connectivity index (χ3v) is 4.17. The maximum absolute atomic E-state index is 6.34. The van der Waals surface area contributed by atoms with Crippen LogP contribution < -0.4 is 4.90 Å². The molecule has 1 fully saturated rings. The summed E-state index contributed by atoms with van der Waals surface area (Å²) in [5, 5.41) is 0.869. The summed E-state index contributed by atoms with van der Waals surface area (Å²) in [6.07, 6.45) is 0. The number of piperazine rings is 1. The number of para-hydroxylation sites is 1. The zero-order valence-corrected chi connectivity index (χ0v) is 11.8. The van der Waals surface area contributed by atoms with Crippen molar-refractivity contribution in [2.75, 3.05) is 25.0 Å². The fraction of sp³-hybridized carbons (Fsp3) is 0.571. The molecule has 0 amide bonds. The van der Waals surface area contributed by atoms with Crippen molar-refractivity contribution in [3.63, 3.8) is 0 Å². The van der Waals surface area contributed by atoms with Gasteiger partial charge >= 0.3 is 0 Å². The van der Waals surface area contributed by atoms with Crippen LogP contribution in [0.2, 0.25) is 5.02 Å². The Bertz CT molecular complexity index is 373. The van der Waals surface area contributed by atoms with Crippen LogP contribution in [0.4, 0.5) is 5.69 Å². The van der Waals surface area contributed by atoms with Crippen molar-refractivity contribution in [3.05, 3.63) is 28.8 Å². The summed E-state index contributed by atoms with van der Waals surface area (Å²) in [6, 6.07) is 7.26. The number of hydrogen-bond donors (Lipinski definition) is 0. The molecule has 0 aromatic heterocycles. The van der Waals surface area contributed by atoms with Gasteiger partial charge in [0.15, 0.2) is 0 Å². The maximum atomic E-state index is 6.34. The highest BCUT2D eigenvalue weighted by Crippen LogP contribution is 2.31. The highest BCUT2D eigenvalue weighted by atomic mass is 35.5. The van der Waals surface area contributed by atoms with Gasteiger partial charge in [-0.1, -0.05) is 23.7 Å². The first-order chi connectivity index (χ1) is 8.00. The number of benzene rings is 1. The minimum Gasteiger partial charge on any atom is -0.367 e. The third-order valence-electron chi connectivity index (χ3n) is 3.86. The number of halogens is 1. The van der Waals surface area contributed by atoms with Crippen LogP contribution in [0.3, 0.4) is 0 Å². The smallest absolute Gasteiger partial charge is 0.0642 e. The van der Waals surface area contributed by atoms with Crippen LogP contribution in [-0.4, -0.2) is 37.1 Å². The molecule has 1 aromatic carbocycles. The molecule has 0 unspecified atom stereocenters. The summed E-state index contributed by atoms with van der Waals surface area (Å²) in [7, 11) is 2.20. The summed E-state index contributed by atoms with van der Waals surface area (Å²) in [5.74, 6) is 0. The number of nitrogens with zero attached hydrogens (tertiary/aromatic N) is 2. The van der Waals surface area contributed by atoms with Crippen LogP contribution in [0.5, 0.6) is 0 Å². The van der Waals surface area contributed by atoms with Gasteiger partial charge in [0, 0.05) is 25.2 Å². The van der Waals surface area contributed by atoms with Crippen molar-refractivity contribution < 1.29 is 0 Å². The molecule has 0 saturated carbocycles. The molecule has 2 atom stereocenters. The molecule has 0 bridgehead atoms. The first-order valence-electron chi connectivity index (χ1n) is 6.22. The van der Waals surface area contributed by atoms with Gasteiger partial charge in [0.1, 0.15) is 0 Å². The Morgan fingerprint density at radius 1 is 1.18 bits per heavy atom. The molecule has 17 heavy (non-hydrogen) atoms. The van der Waals surface area contributed by atoms with E-state index in [0.29, 0.717) is 12.1 Å². The predicted molar refractivity (Wildman–Crippen MR) is 75.1 cm³/mol. The van der Waals surface area contributed by atoms with Gasteiger partial charge < -0.3 is 4.90 Å². The van der Waals surface area contributed by atoms with E-state index in [-0.39, 0.29) is 0 Å². The van der Waals surface area contributed by atoms with Gasteiger partial charge in [-0.2, -0.15) is 0 Å². The fourth-order valence-corrected chi connectivity index (χ4v) is 2.95. The van der Waals surface area contributed by atoms with Crippen LogP contribution in [-0.2, 0) is 0 Å². The van der Waals surface area contributed by atoms with Crippen molar-refractivity contribution in [3.8, 4) is 0 Å². The van der Waals surface area contributed by atoms with E-state index in [0.717, 1.165) is 18.1 Å². The second-order valence-corrected chi connectivity index (χ2v) is 5.58. The van der Waals surface area contributed by atoms with E-state index in [1.807, 2.05) is 12.1 Å². The van der Waals surface area contributed by atoms with E-state index < -0.39 is 0 Å². The predicted octanol–water partition coefficient (Wildman–Crippen LogP) is 3.18. The summed E-state index contributed by atoms with van der Waals surface area (Å²) in [5.41, 5.74) is 2.47. The SMILES string of the molecule is Cc1cccc(Cl)c1N1C[C@@H](C)N(C)[C@@H](C)C1. The molecule has 2 nitrogen and oxygen atoms in total. The number of hydrogen-bond acceptors (Lipinski definition) is 2. The number of aryl methyl sites for hydroxylation is 1. The number of likely N-dealkylation sites (N-methyl/N-ethyl adjacent to an activating group) is 1. The van der Waals surface area contributed by atoms with Crippen molar-refractivity contribution in [2.24, 2.45) is 0 Å². The van der Waals surface area contributed by atoms with Crippen LogP contribution in [0.1, 0.15) is 19.4 Å². The normalized spacial score (nSPS) is 26.3. The zero-order chi connectivity index (χ0) is 12.6. The Labute approximate surface area is 109 Å². The molecule has 0 spiro atoms. The van der Waals surface area contributed by atoms with Gasteiger partial charge in [0.2, 0.25) is 0 Å². The highest BCUT2D eigenvalue weighted by molar-refractivity contribution is 6.33. The first-order valence-corrected chi connectivity index (χ1v) is 6.60. The molecule has 1 aliphatic heterocycles. The zero-order valence-electron chi connectivity index (χ0n) is 11.1. The topological polar surface area (TPSA) is 6.48 Å². The largest absolute Gasteiger partial charge is 0.367 e. The molecule has 0 aliphatic carbocycles. The van der Waals surface area contributed by atoms with Crippen molar-refractivity contribution in [1.82, 2.24) is 4.90 Å². The monoisotopic (exact) mass is 252 g/mol. The Morgan fingerprint density at radius 2 is 1.76 bits per heavy atom. The standard InChI is InChI=1S/C14H21ClN2/c1-10-6-5-7-13(15)14(10)17-8-11(2)16(4)12(3)9-17/h5-7,11-12H,8-9H2,1-4H3/t11-,12+. The molecular formula is C14H21ClN2. The van der Waals surface area contributed by atoms with Gasteiger partial charge in [0.05, 0.1) is 10.7 Å². The van der Waals surface area contributed by atoms with Gasteiger partial charge in [-0.15, -0.1) is 0 Å². The average molecular weight is 253 g/mol. The minimum atomic E-state index is 0.564. The lowest BCUT2D eigenvalue weighted by atomic mass is 10.1. The Hall–Kier alpha value is -0.730. The van der Waals surface area contributed by atoms with Gasteiger partial charge in [-0.05, 0) is 39.4 Å². The molecule has 0 radical (unpaired) electrons. The lowest BCUT2D eigenvalue weighted by Crippen LogP contribution is -2.55. The van der Waals surface area contributed by atoms with E-state index in [1.165, 1.54) is 11.3 Å². The second-order valence-electron chi connectivity index (χ2n) is 5.17. The van der Waals surface area contributed by atoms with Gasteiger partial charge in [0.25, 0.3) is 0 Å². The van der Waals surface area contributed by atoms with Crippen LogP contribution in [0.25, 0.3) is 0 Å². The van der Waals surface area contributed by atoms with Crippen molar-refractivity contribution >= 4 is 17.3 Å². The molecule has 3 heteroatoms. The quantitative estimate of drug-likeness (QED) is 0.758. The fourth-order valence-electron chi connectivity index (χ4n) is 2.61. The van der Waals surface area contributed by atoms with Crippen LogP contribution >= 0.6 is 11.6 Å². The van der Waals surface area contributed by atoms with E-state index >= 15 is 0 Å². The molecule has 94 valence electrons. The molecule has 1 aliphatic rings. The minimum absolute atomic E-state index is 0.564. The molecule has 1 heterocycles. The van der Waals surface area contributed by atoms with Crippen molar-refractivity contribution in [2.45, 2.75) is 32.9 Å². The Morgan fingerprint density at radius 3 is 2.29 bits per heavy atom. The first kappa shape index (κ1) is 12.7. The summed E-state index contributed by atoms with van der Waals surface area (Å²) >= 11 is 6.34. The van der Waals surface area contributed by atoms with Gasteiger partial charge in [-0.25, -0.2) is 0 Å². The molecule has 1 saturated heterocycles. The Kier molecular flexibility index (Phi) is 3.64. The van der Waals surface area contributed by atoms with E-state index in [2.05, 4.69) is 43.7 Å².